The number of benzene rings is 1. The number of aliphatic imine (C=N–C) groups is 1. The lowest BCUT2D eigenvalue weighted by Crippen LogP contribution is -2.47. The fourth-order valence-electron chi connectivity index (χ4n) is 4.21. The lowest BCUT2D eigenvalue weighted by Gasteiger charge is -2.35. The molecule has 2 rings (SSSR count). The SMILES string of the molecule is CCC1CCCCN1CCNC(=NC)NCC(c1ccc(OC)c(OC)c1)N(C)C. The summed E-state index contributed by atoms with van der Waals surface area (Å²) >= 11 is 0. The van der Waals surface area contributed by atoms with Gasteiger partial charge in [-0.25, -0.2) is 0 Å². The van der Waals surface area contributed by atoms with Crippen LogP contribution in [0.25, 0.3) is 0 Å². The van der Waals surface area contributed by atoms with Crippen molar-refractivity contribution in [3.05, 3.63) is 23.8 Å². The molecule has 1 saturated heterocycles. The lowest BCUT2D eigenvalue weighted by molar-refractivity contribution is 0.147. The molecule has 0 aromatic heterocycles. The van der Waals surface area contributed by atoms with E-state index in [1.54, 1.807) is 14.2 Å². The van der Waals surface area contributed by atoms with Gasteiger partial charge < -0.3 is 25.0 Å². The van der Waals surface area contributed by atoms with Crippen LogP contribution in [-0.2, 0) is 0 Å². The lowest BCUT2D eigenvalue weighted by atomic mass is 10.0. The maximum Gasteiger partial charge on any atom is 0.191 e. The molecule has 2 N–H and O–H groups in total. The highest BCUT2D eigenvalue weighted by molar-refractivity contribution is 5.79. The first-order valence-electron chi connectivity index (χ1n) is 11.1. The normalized spacial score (nSPS) is 18.9. The molecule has 1 heterocycles. The van der Waals surface area contributed by atoms with Crippen LogP contribution in [0.15, 0.2) is 23.2 Å². The topological polar surface area (TPSA) is 61.4 Å². The van der Waals surface area contributed by atoms with Gasteiger partial charge in [-0.3, -0.25) is 9.89 Å². The van der Waals surface area contributed by atoms with Gasteiger partial charge in [0.2, 0.25) is 0 Å². The number of nitrogens with zero attached hydrogens (tertiary/aromatic N) is 3. The van der Waals surface area contributed by atoms with Crippen LogP contribution in [0.2, 0.25) is 0 Å². The number of likely N-dealkylation sites (N-methyl/N-ethyl adjacent to an activating group) is 1. The summed E-state index contributed by atoms with van der Waals surface area (Å²) in [4.78, 5) is 9.23. The van der Waals surface area contributed by atoms with Crippen molar-refractivity contribution in [2.45, 2.75) is 44.7 Å². The van der Waals surface area contributed by atoms with Gasteiger partial charge in [-0.1, -0.05) is 19.4 Å². The van der Waals surface area contributed by atoms with E-state index < -0.39 is 0 Å². The van der Waals surface area contributed by atoms with Crippen molar-refractivity contribution in [1.29, 1.82) is 0 Å². The minimum Gasteiger partial charge on any atom is -0.493 e. The Morgan fingerprint density at radius 2 is 1.97 bits per heavy atom. The summed E-state index contributed by atoms with van der Waals surface area (Å²) in [5.74, 6) is 2.33. The van der Waals surface area contributed by atoms with Gasteiger partial charge in [0.25, 0.3) is 0 Å². The molecule has 1 fully saturated rings. The molecule has 1 aliphatic rings. The molecule has 0 amide bonds. The third-order valence-electron chi connectivity index (χ3n) is 6.01. The Bertz CT molecular complexity index is 665. The van der Waals surface area contributed by atoms with E-state index in [2.05, 4.69) is 52.5 Å². The molecular formula is C23H41N5O2. The van der Waals surface area contributed by atoms with E-state index in [1.807, 2.05) is 19.2 Å². The van der Waals surface area contributed by atoms with Crippen molar-refractivity contribution in [2.24, 2.45) is 4.99 Å². The molecule has 0 aliphatic carbocycles. The Balaban J connectivity index is 1.91. The van der Waals surface area contributed by atoms with Crippen molar-refractivity contribution >= 4 is 5.96 Å². The molecule has 1 aromatic rings. The van der Waals surface area contributed by atoms with Gasteiger partial charge in [-0.15, -0.1) is 0 Å². The number of likely N-dealkylation sites (tertiary alicyclic amines) is 1. The summed E-state index contributed by atoms with van der Waals surface area (Å²) in [6.45, 7) is 6.22. The summed E-state index contributed by atoms with van der Waals surface area (Å²) in [5, 5.41) is 6.97. The molecule has 2 unspecified atom stereocenters. The number of methoxy groups -OCH3 is 2. The minimum atomic E-state index is 0.176. The molecule has 1 aromatic carbocycles. The van der Waals surface area contributed by atoms with Crippen molar-refractivity contribution in [3.63, 3.8) is 0 Å². The average molecular weight is 420 g/mol. The Morgan fingerprint density at radius 1 is 1.20 bits per heavy atom. The van der Waals surface area contributed by atoms with Crippen LogP contribution in [0.5, 0.6) is 11.5 Å². The summed E-state index contributed by atoms with van der Waals surface area (Å²) in [6.07, 6.45) is 5.26. The standard InChI is InChI=1S/C23H41N5O2/c1-7-19-10-8-9-14-28(19)15-13-25-23(24-2)26-17-20(27(3)4)18-11-12-21(29-5)22(16-18)30-6/h11-12,16,19-20H,7-10,13-15,17H2,1-6H3,(H2,24,25,26). The highest BCUT2D eigenvalue weighted by Crippen LogP contribution is 2.31. The summed E-state index contributed by atoms with van der Waals surface area (Å²) in [5.41, 5.74) is 1.17. The van der Waals surface area contributed by atoms with Gasteiger partial charge >= 0.3 is 0 Å². The Labute approximate surface area is 182 Å². The first kappa shape index (κ1) is 24.3. The van der Waals surface area contributed by atoms with Gasteiger partial charge in [-0.05, 0) is 57.6 Å². The average Bonchev–Trinajstić information content (AvgIpc) is 2.77. The van der Waals surface area contributed by atoms with Crippen LogP contribution in [-0.4, -0.2) is 83.3 Å². The minimum absolute atomic E-state index is 0.176. The number of ether oxygens (including phenoxy) is 2. The van der Waals surface area contributed by atoms with Crippen LogP contribution in [0.3, 0.4) is 0 Å². The fourth-order valence-corrected chi connectivity index (χ4v) is 4.21. The fraction of sp³-hybridized carbons (Fsp3) is 0.696. The molecule has 0 radical (unpaired) electrons. The van der Waals surface area contributed by atoms with Gasteiger partial charge in [0, 0.05) is 32.7 Å². The maximum atomic E-state index is 5.48. The van der Waals surface area contributed by atoms with Crippen LogP contribution in [0.1, 0.15) is 44.2 Å². The summed E-state index contributed by atoms with van der Waals surface area (Å²) < 4.78 is 10.8. The molecule has 0 bridgehead atoms. The molecule has 0 spiro atoms. The zero-order chi connectivity index (χ0) is 21.9. The summed E-state index contributed by atoms with van der Waals surface area (Å²) in [7, 11) is 9.32. The number of piperidine rings is 1. The van der Waals surface area contributed by atoms with E-state index in [-0.39, 0.29) is 6.04 Å². The Hall–Kier alpha value is -1.99. The number of hydrogen-bond acceptors (Lipinski definition) is 5. The van der Waals surface area contributed by atoms with Crippen LogP contribution < -0.4 is 20.1 Å². The van der Waals surface area contributed by atoms with Gasteiger partial charge in [0.15, 0.2) is 17.5 Å². The Morgan fingerprint density at radius 3 is 2.60 bits per heavy atom. The second kappa shape index (κ2) is 12.6. The number of nitrogens with one attached hydrogen (secondary N) is 2. The first-order chi connectivity index (χ1) is 14.5. The zero-order valence-electron chi connectivity index (χ0n) is 19.7. The molecule has 2 atom stereocenters. The van der Waals surface area contributed by atoms with Crippen LogP contribution in [0.4, 0.5) is 0 Å². The second-order valence-corrected chi connectivity index (χ2v) is 8.07. The highest BCUT2D eigenvalue weighted by atomic mass is 16.5. The zero-order valence-corrected chi connectivity index (χ0v) is 19.7. The van der Waals surface area contributed by atoms with E-state index >= 15 is 0 Å². The first-order valence-corrected chi connectivity index (χ1v) is 11.1. The largest absolute Gasteiger partial charge is 0.493 e. The van der Waals surface area contributed by atoms with E-state index in [1.165, 1.54) is 37.8 Å². The van der Waals surface area contributed by atoms with Crippen LogP contribution >= 0.6 is 0 Å². The second-order valence-electron chi connectivity index (χ2n) is 8.07. The molecule has 170 valence electrons. The van der Waals surface area contributed by atoms with E-state index in [4.69, 9.17) is 9.47 Å². The third kappa shape index (κ3) is 6.77. The number of hydrogen-bond donors (Lipinski definition) is 2. The predicted molar refractivity (Wildman–Crippen MR) is 125 cm³/mol. The van der Waals surface area contributed by atoms with Gasteiger partial charge in [-0.2, -0.15) is 0 Å². The molecular weight excluding hydrogens is 378 g/mol. The van der Waals surface area contributed by atoms with Crippen molar-refractivity contribution < 1.29 is 9.47 Å². The quantitative estimate of drug-likeness (QED) is 0.449. The molecule has 30 heavy (non-hydrogen) atoms. The van der Waals surface area contributed by atoms with E-state index in [0.717, 1.165) is 43.1 Å². The van der Waals surface area contributed by atoms with Crippen molar-refractivity contribution in [2.75, 3.05) is 61.5 Å². The van der Waals surface area contributed by atoms with Gasteiger partial charge in [0.1, 0.15) is 0 Å². The third-order valence-corrected chi connectivity index (χ3v) is 6.01. The smallest absolute Gasteiger partial charge is 0.191 e. The van der Waals surface area contributed by atoms with Gasteiger partial charge in [0.05, 0.1) is 20.3 Å². The Kier molecular flexibility index (Phi) is 10.2. The molecule has 1 aliphatic heterocycles. The highest BCUT2D eigenvalue weighted by Gasteiger charge is 2.20. The molecule has 0 saturated carbocycles. The maximum absolute atomic E-state index is 5.48. The number of rotatable bonds is 10. The van der Waals surface area contributed by atoms with Crippen molar-refractivity contribution in [1.82, 2.24) is 20.4 Å². The van der Waals surface area contributed by atoms with Crippen molar-refractivity contribution in [3.8, 4) is 11.5 Å². The van der Waals surface area contributed by atoms with Crippen LogP contribution in [0, 0.1) is 0 Å². The molecule has 7 nitrogen and oxygen atoms in total. The predicted octanol–water partition coefficient (Wildman–Crippen LogP) is 2.74. The van der Waals surface area contributed by atoms with E-state index in [9.17, 15) is 0 Å². The molecule has 7 heteroatoms. The number of guanidine groups is 1. The summed E-state index contributed by atoms with van der Waals surface area (Å²) in [6, 6.07) is 7.00. The van der Waals surface area contributed by atoms with E-state index in [0.29, 0.717) is 0 Å². The monoisotopic (exact) mass is 419 g/mol.